The molecule has 1 N–H and O–H groups in total. The zero-order valence-corrected chi connectivity index (χ0v) is 23.0. The van der Waals surface area contributed by atoms with Gasteiger partial charge in [-0.2, -0.15) is 0 Å². The lowest BCUT2D eigenvalue weighted by molar-refractivity contribution is 0.264. The van der Waals surface area contributed by atoms with Crippen LogP contribution < -0.4 is 14.8 Å². The number of rotatable bonds is 9. The van der Waals surface area contributed by atoms with Gasteiger partial charge in [0.1, 0.15) is 17.4 Å². The number of fused-ring (bicyclic) bond motifs is 1. The van der Waals surface area contributed by atoms with Gasteiger partial charge in [-0.25, -0.2) is 9.37 Å². The van der Waals surface area contributed by atoms with Crippen molar-refractivity contribution in [1.29, 1.82) is 0 Å². The van der Waals surface area contributed by atoms with Crippen molar-refractivity contribution < 1.29 is 13.9 Å². The molecule has 0 amide bonds. The minimum Gasteiger partial charge on any atom is -0.490 e. The molecule has 1 aromatic heterocycles. The summed E-state index contributed by atoms with van der Waals surface area (Å²) in [4.78, 5) is 4.78. The Morgan fingerprint density at radius 2 is 1.78 bits per heavy atom. The third kappa shape index (κ3) is 5.95. The highest BCUT2D eigenvalue weighted by molar-refractivity contribution is 9.10. The summed E-state index contributed by atoms with van der Waals surface area (Å²) >= 11 is 5.32. The molecule has 4 nitrogen and oxygen atoms in total. The van der Waals surface area contributed by atoms with E-state index in [4.69, 9.17) is 14.5 Å². The van der Waals surface area contributed by atoms with Crippen molar-refractivity contribution in [2.75, 3.05) is 11.9 Å². The van der Waals surface area contributed by atoms with Gasteiger partial charge in [0, 0.05) is 23.4 Å². The van der Waals surface area contributed by atoms with Crippen molar-refractivity contribution >= 4 is 43.2 Å². The average molecular weight is 578 g/mol. The van der Waals surface area contributed by atoms with Gasteiger partial charge in [-0.1, -0.05) is 24.3 Å². The summed E-state index contributed by atoms with van der Waals surface area (Å²) < 4.78 is 27.8. The van der Waals surface area contributed by atoms with E-state index in [0.717, 1.165) is 31.8 Å². The Bertz CT molecular complexity index is 1540. The molecule has 1 heterocycles. The van der Waals surface area contributed by atoms with Crippen molar-refractivity contribution in [2.45, 2.75) is 27.0 Å². The predicted molar refractivity (Wildman–Crippen MR) is 153 cm³/mol. The van der Waals surface area contributed by atoms with E-state index in [1.807, 2.05) is 19.1 Å². The Labute approximate surface area is 228 Å². The second kappa shape index (κ2) is 11.3. The monoisotopic (exact) mass is 576 g/mol. The molecule has 0 saturated heterocycles. The number of benzene rings is 4. The van der Waals surface area contributed by atoms with Gasteiger partial charge in [0.05, 0.1) is 21.3 Å². The van der Waals surface area contributed by atoms with Crippen LogP contribution in [0, 0.1) is 12.7 Å². The zero-order valence-electron chi connectivity index (χ0n) is 20.6. The summed E-state index contributed by atoms with van der Waals surface area (Å²) in [7, 11) is 0. The summed E-state index contributed by atoms with van der Waals surface area (Å²) in [6, 6.07) is 25.2. The molecule has 7 heteroatoms. The molecule has 0 aliphatic carbocycles. The highest BCUT2D eigenvalue weighted by atomic mass is 79.9. The van der Waals surface area contributed by atoms with E-state index < -0.39 is 0 Å². The quantitative estimate of drug-likeness (QED) is 0.190. The molecule has 37 heavy (non-hydrogen) atoms. The molecule has 5 aromatic rings. The van der Waals surface area contributed by atoms with Crippen molar-refractivity contribution in [3.8, 4) is 22.1 Å². The average Bonchev–Trinajstić information content (AvgIpc) is 3.32. The Morgan fingerprint density at radius 1 is 0.973 bits per heavy atom. The minimum absolute atomic E-state index is 0.115. The van der Waals surface area contributed by atoms with Crippen LogP contribution in [-0.2, 0) is 13.2 Å². The van der Waals surface area contributed by atoms with Crippen molar-refractivity contribution in [3.05, 3.63) is 106 Å². The number of thiazole rings is 1. The number of aryl methyl sites for hydroxylation is 1. The summed E-state index contributed by atoms with van der Waals surface area (Å²) in [6.07, 6.45) is 0. The number of anilines is 1. The van der Waals surface area contributed by atoms with Gasteiger partial charge >= 0.3 is 0 Å². The van der Waals surface area contributed by atoms with Crippen LogP contribution in [0.2, 0.25) is 0 Å². The number of aromatic nitrogens is 1. The molecular formula is C30H26BrFN2O2S. The first kappa shape index (κ1) is 25.2. The fourth-order valence-corrected chi connectivity index (χ4v) is 5.66. The topological polar surface area (TPSA) is 43.4 Å². The van der Waals surface area contributed by atoms with Crippen LogP contribution in [0.1, 0.15) is 23.6 Å². The lowest BCUT2D eigenvalue weighted by atomic mass is 10.1. The molecule has 0 radical (unpaired) electrons. The maximum absolute atomic E-state index is 14.0. The zero-order chi connectivity index (χ0) is 25.8. The molecule has 0 unspecified atom stereocenters. The highest BCUT2D eigenvalue weighted by Crippen LogP contribution is 2.38. The summed E-state index contributed by atoms with van der Waals surface area (Å²) in [5, 5.41) is 4.49. The van der Waals surface area contributed by atoms with Gasteiger partial charge in [0.2, 0.25) is 0 Å². The van der Waals surface area contributed by atoms with Gasteiger partial charge in [-0.3, -0.25) is 0 Å². The van der Waals surface area contributed by atoms with Crippen molar-refractivity contribution in [3.63, 3.8) is 0 Å². The molecule has 0 atom stereocenters. The normalized spacial score (nSPS) is 11.0. The van der Waals surface area contributed by atoms with Crippen LogP contribution in [0.4, 0.5) is 10.1 Å². The Morgan fingerprint density at radius 3 is 2.57 bits per heavy atom. The molecule has 0 fully saturated rings. The lowest BCUT2D eigenvalue weighted by Crippen LogP contribution is -2.04. The van der Waals surface area contributed by atoms with Crippen LogP contribution in [0.15, 0.2) is 83.3 Å². The van der Waals surface area contributed by atoms with Crippen LogP contribution in [0.5, 0.6) is 11.5 Å². The molecule has 0 bridgehead atoms. The van der Waals surface area contributed by atoms with E-state index in [-0.39, 0.29) is 12.4 Å². The van der Waals surface area contributed by atoms with Crippen LogP contribution in [0.25, 0.3) is 20.8 Å². The van der Waals surface area contributed by atoms with E-state index >= 15 is 0 Å². The molecular weight excluding hydrogens is 551 g/mol. The van der Waals surface area contributed by atoms with E-state index in [1.54, 1.807) is 29.5 Å². The van der Waals surface area contributed by atoms with E-state index in [9.17, 15) is 4.39 Å². The first-order chi connectivity index (χ1) is 18.0. The highest BCUT2D eigenvalue weighted by Gasteiger charge is 2.14. The van der Waals surface area contributed by atoms with Gasteiger partial charge in [0.15, 0.2) is 11.5 Å². The third-order valence-electron chi connectivity index (χ3n) is 5.87. The molecule has 0 saturated carbocycles. The van der Waals surface area contributed by atoms with Crippen LogP contribution in [-0.4, -0.2) is 11.6 Å². The smallest absolute Gasteiger partial charge is 0.175 e. The molecule has 0 aliphatic heterocycles. The van der Waals surface area contributed by atoms with Crippen molar-refractivity contribution in [1.82, 2.24) is 4.98 Å². The van der Waals surface area contributed by atoms with E-state index in [2.05, 4.69) is 70.6 Å². The Hall–Kier alpha value is -3.42. The minimum atomic E-state index is -0.290. The number of hydrogen-bond donors (Lipinski definition) is 1. The lowest BCUT2D eigenvalue weighted by Gasteiger charge is -2.16. The van der Waals surface area contributed by atoms with Gasteiger partial charge in [-0.15, -0.1) is 11.3 Å². The number of hydrogen-bond acceptors (Lipinski definition) is 5. The second-order valence-corrected chi connectivity index (χ2v) is 10.5. The van der Waals surface area contributed by atoms with Crippen molar-refractivity contribution in [2.24, 2.45) is 0 Å². The van der Waals surface area contributed by atoms with E-state index in [1.165, 1.54) is 16.3 Å². The number of ether oxygens (including phenoxy) is 2. The predicted octanol–water partition coefficient (Wildman–Crippen LogP) is 8.76. The van der Waals surface area contributed by atoms with Crippen LogP contribution in [0.3, 0.4) is 0 Å². The number of halogens is 2. The molecule has 0 aliphatic rings. The van der Waals surface area contributed by atoms with Gasteiger partial charge in [0.25, 0.3) is 0 Å². The van der Waals surface area contributed by atoms with Gasteiger partial charge in [-0.05, 0) is 95.5 Å². The standard InChI is InChI=1S/C30H26BrFN2O2S/c1-3-35-27-16-20(15-24(31)29(27)36-18-22-6-4-5-7-25(22)32)17-33-23-11-9-21(10-12-23)30-34-26-13-8-19(2)14-28(26)37-30/h4-16,33H,3,17-18H2,1-2H3. The molecule has 4 aromatic carbocycles. The number of nitrogens with zero attached hydrogens (tertiary/aromatic N) is 1. The number of nitrogens with one attached hydrogen (secondary N) is 1. The summed E-state index contributed by atoms with van der Waals surface area (Å²) in [5.74, 6) is 0.886. The molecule has 5 rings (SSSR count). The Kier molecular flexibility index (Phi) is 7.72. The fraction of sp³-hybridized carbons (Fsp3) is 0.167. The fourth-order valence-electron chi connectivity index (χ4n) is 3.98. The van der Waals surface area contributed by atoms with Crippen LogP contribution >= 0.6 is 27.3 Å². The largest absolute Gasteiger partial charge is 0.490 e. The SMILES string of the molecule is CCOc1cc(CNc2ccc(-c3nc4ccc(C)cc4s3)cc2)cc(Br)c1OCc1ccccc1F. The first-order valence-electron chi connectivity index (χ1n) is 12.0. The molecule has 0 spiro atoms. The Balaban J connectivity index is 1.27. The second-order valence-electron chi connectivity index (χ2n) is 8.64. The summed E-state index contributed by atoms with van der Waals surface area (Å²) in [5.41, 5.74) is 5.90. The first-order valence-corrected chi connectivity index (χ1v) is 13.6. The third-order valence-corrected chi connectivity index (χ3v) is 7.53. The maximum Gasteiger partial charge on any atom is 0.175 e. The summed E-state index contributed by atoms with van der Waals surface area (Å²) in [6.45, 7) is 5.23. The van der Waals surface area contributed by atoms with Gasteiger partial charge < -0.3 is 14.8 Å². The maximum atomic E-state index is 14.0. The molecule has 188 valence electrons. The van der Waals surface area contributed by atoms with E-state index in [0.29, 0.717) is 30.2 Å².